The molecule has 0 fully saturated rings. The fourth-order valence-electron chi connectivity index (χ4n) is 0.818. The van der Waals surface area contributed by atoms with Crippen LogP contribution in [0.5, 0.6) is 0 Å². The smallest absolute Gasteiger partial charge is 0.310 e. The average molecular weight is 236 g/mol. The van der Waals surface area contributed by atoms with Crippen molar-refractivity contribution in [1.82, 2.24) is 0 Å². The second kappa shape index (κ2) is 3.91. The monoisotopic (exact) mass is 235 g/mol. The summed E-state index contributed by atoms with van der Waals surface area (Å²) in [6.45, 7) is 6.33. The van der Waals surface area contributed by atoms with Crippen molar-refractivity contribution in [2.45, 2.75) is 0 Å². The Morgan fingerprint density at radius 2 is 2.00 bits per heavy atom. The van der Waals surface area contributed by atoms with Crippen LogP contribution in [0, 0.1) is 18.2 Å². The third-order valence-electron chi connectivity index (χ3n) is 1.43. The van der Waals surface area contributed by atoms with E-state index in [0.717, 1.165) is 0 Å². The highest BCUT2D eigenvalue weighted by molar-refractivity contribution is 6.42. The molecule has 0 saturated carbocycles. The minimum atomic E-state index is -1.35. The lowest BCUT2D eigenvalue weighted by molar-refractivity contribution is 0.103. The van der Waals surface area contributed by atoms with Crippen LogP contribution in [0.25, 0.3) is 4.85 Å². The summed E-state index contributed by atoms with van der Waals surface area (Å²) in [4.78, 5) is 13.2. The van der Waals surface area contributed by atoms with Crippen molar-refractivity contribution < 1.29 is 13.6 Å². The van der Waals surface area contributed by atoms with Gasteiger partial charge in [-0.05, 0) is 6.07 Å². The fourth-order valence-corrected chi connectivity index (χ4v) is 1.15. The van der Waals surface area contributed by atoms with Crippen LogP contribution in [0.15, 0.2) is 6.07 Å². The molecule has 0 aliphatic heterocycles. The van der Waals surface area contributed by atoms with Gasteiger partial charge in [-0.15, -0.1) is 0 Å². The zero-order valence-corrected chi connectivity index (χ0v) is 7.96. The second-order valence-electron chi connectivity index (χ2n) is 2.26. The highest BCUT2D eigenvalue weighted by Gasteiger charge is 2.22. The van der Waals surface area contributed by atoms with Crippen LogP contribution in [-0.2, 0) is 0 Å². The first-order chi connectivity index (χ1) is 6.49. The van der Waals surface area contributed by atoms with E-state index in [4.69, 9.17) is 29.8 Å². The zero-order valence-electron chi connectivity index (χ0n) is 6.44. The summed E-state index contributed by atoms with van der Waals surface area (Å²) in [5, 5.41) is -0.914. The Balaban J connectivity index is 3.54. The second-order valence-corrected chi connectivity index (χ2v) is 3.05. The topological polar surface area (TPSA) is 21.4 Å². The Hall–Kier alpha value is -1.18. The Bertz CT molecular complexity index is 454. The lowest BCUT2D eigenvalue weighted by Crippen LogP contribution is -2.02. The van der Waals surface area contributed by atoms with E-state index in [2.05, 4.69) is 4.85 Å². The highest BCUT2D eigenvalue weighted by atomic mass is 35.5. The first-order valence-corrected chi connectivity index (χ1v) is 3.99. The first-order valence-electron chi connectivity index (χ1n) is 3.23. The molecular weight excluding hydrogens is 235 g/mol. The number of carbonyl (C=O) groups excluding carboxylic acids is 1. The van der Waals surface area contributed by atoms with Gasteiger partial charge >= 0.3 is 5.91 Å². The summed E-state index contributed by atoms with van der Waals surface area (Å²) in [5.74, 6) is -3.85. The molecule has 1 rings (SSSR count). The maximum atomic E-state index is 13.1. The van der Waals surface area contributed by atoms with Crippen LogP contribution in [0.4, 0.5) is 8.78 Å². The van der Waals surface area contributed by atoms with E-state index in [-0.39, 0.29) is 5.02 Å². The highest BCUT2D eigenvalue weighted by Crippen LogP contribution is 2.29. The predicted molar refractivity (Wildman–Crippen MR) is 47.3 cm³/mol. The van der Waals surface area contributed by atoms with Crippen LogP contribution in [0.2, 0.25) is 10.0 Å². The molecule has 2 nitrogen and oxygen atoms in total. The Labute approximate surface area is 87.9 Å². The van der Waals surface area contributed by atoms with Crippen LogP contribution in [-0.4, -0.2) is 5.91 Å². The number of amides is 1. The van der Waals surface area contributed by atoms with Gasteiger partial charge in [-0.1, -0.05) is 23.2 Å². The van der Waals surface area contributed by atoms with Crippen molar-refractivity contribution in [1.29, 1.82) is 0 Å². The molecule has 0 spiro atoms. The molecule has 72 valence electrons. The van der Waals surface area contributed by atoms with E-state index in [1.165, 1.54) is 0 Å². The molecule has 0 bridgehead atoms. The third-order valence-corrected chi connectivity index (χ3v) is 2.19. The molecule has 0 radical (unpaired) electrons. The van der Waals surface area contributed by atoms with Crippen LogP contribution in [0.3, 0.4) is 0 Å². The lowest BCUT2D eigenvalue weighted by atomic mass is 10.2. The van der Waals surface area contributed by atoms with Gasteiger partial charge in [0.25, 0.3) is 0 Å². The molecule has 0 atom stereocenters. The molecule has 0 saturated heterocycles. The van der Waals surface area contributed by atoms with Gasteiger partial charge in [0.1, 0.15) is 11.6 Å². The normalized spacial score (nSPS) is 9.64. The van der Waals surface area contributed by atoms with E-state index in [9.17, 15) is 13.6 Å². The predicted octanol–water partition coefficient (Wildman–Crippen LogP) is 3.33. The van der Waals surface area contributed by atoms with Gasteiger partial charge in [0, 0.05) is 0 Å². The quantitative estimate of drug-likeness (QED) is 0.416. The van der Waals surface area contributed by atoms with E-state index < -0.39 is 28.1 Å². The maximum Gasteiger partial charge on any atom is 0.391 e. The van der Waals surface area contributed by atoms with Crippen LogP contribution >= 0.6 is 23.2 Å². The van der Waals surface area contributed by atoms with Crippen molar-refractivity contribution >= 4 is 29.1 Å². The molecule has 0 N–H and O–H groups in total. The summed E-state index contributed by atoms with van der Waals surface area (Å²) in [6.07, 6.45) is 0. The molecule has 14 heavy (non-hydrogen) atoms. The summed E-state index contributed by atoms with van der Waals surface area (Å²) < 4.78 is 26.1. The zero-order chi connectivity index (χ0) is 10.9. The van der Waals surface area contributed by atoms with E-state index in [0.29, 0.717) is 6.07 Å². The molecule has 1 aromatic rings. The summed E-state index contributed by atoms with van der Waals surface area (Å²) >= 11 is 10.7. The number of carbonyl (C=O) groups is 1. The largest absolute Gasteiger partial charge is 0.391 e. The number of hydrogen-bond donors (Lipinski definition) is 0. The number of halogens is 4. The average Bonchev–Trinajstić information content (AvgIpc) is 2.14. The molecule has 1 aromatic carbocycles. The van der Waals surface area contributed by atoms with Crippen molar-refractivity contribution in [3.8, 4) is 0 Å². The Morgan fingerprint density at radius 1 is 1.43 bits per heavy atom. The van der Waals surface area contributed by atoms with E-state index in [1.54, 1.807) is 0 Å². The molecule has 0 heterocycles. The van der Waals surface area contributed by atoms with Crippen LogP contribution in [0.1, 0.15) is 10.4 Å². The van der Waals surface area contributed by atoms with Gasteiger partial charge in [-0.2, -0.15) is 4.85 Å². The van der Waals surface area contributed by atoms with Gasteiger partial charge < -0.3 is 4.79 Å². The SMILES string of the molecule is [C-]#[N+]C(=O)c1c(F)cc(Cl)c(Cl)c1F. The minimum Gasteiger partial charge on any atom is -0.310 e. The van der Waals surface area contributed by atoms with Crippen molar-refractivity contribution in [2.75, 3.05) is 0 Å². The molecule has 0 unspecified atom stereocenters. The van der Waals surface area contributed by atoms with Gasteiger partial charge in [-0.25, -0.2) is 8.78 Å². The van der Waals surface area contributed by atoms with Crippen molar-refractivity contribution in [3.63, 3.8) is 0 Å². The van der Waals surface area contributed by atoms with Gasteiger partial charge in [0.2, 0.25) is 0 Å². The Morgan fingerprint density at radius 3 is 2.50 bits per heavy atom. The molecule has 0 aliphatic carbocycles. The summed E-state index contributed by atoms with van der Waals surface area (Å²) in [6, 6.07) is 0.686. The molecular formula is C8HCl2F2NO. The fraction of sp³-hybridized carbons (Fsp3) is 0. The molecule has 0 aromatic heterocycles. The number of hydrogen-bond acceptors (Lipinski definition) is 1. The maximum absolute atomic E-state index is 13.1. The van der Waals surface area contributed by atoms with Crippen molar-refractivity contribution in [2.24, 2.45) is 0 Å². The standard InChI is InChI=1S/C8HCl2F2NO/c1-13-8(14)5-4(11)2-3(9)6(10)7(5)12/h2H. The molecule has 1 amide bonds. The van der Waals surface area contributed by atoms with Gasteiger partial charge in [0.05, 0.1) is 22.2 Å². The van der Waals surface area contributed by atoms with Gasteiger partial charge in [-0.3, -0.25) is 0 Å². The lowest BCUT2D eigenvalue weighted by Gasteiger charge is -2.03. The summed E-state index contributed by atoms with van der Waals surface area (Å²) in [7, 11) is 0. The Kier molecular flexibility index (Phi) is 3.04. The summed E-state index contributed by atoms with van der Waals surface area (Å²) in [5.41, 5.74) is -0.977. The first kappa shape index (κ1) is 10.9. The van der Waals surface area contributed by atoms with Crippen molar-refractivity contribution in [3.05, 3.63) is 44.7 Å². The number of rotatable bonds is 1. The van der Waals surface area contributed by atoms with E-state index >= 15 is 0 Å². The van der Waals surface area contributed by atoms with E-state index in [1.807, 2.05) is 0 Å². The molecule has 0 aliphatic rings. The minimum absolute atomic E-state index is 0.344. The van der Waals surface area contributed by atoms with Crippen LogP contribution < -0.4 is 0 Å². The number of nitrogens with zero attached hydrogens (tertiary/aromatic N) is 1. The number of benzene rings is 1. The molecule has 6 heteroatoms. The van der Waals surface area contributed by atoms with Gasteiger partial charge in [0.15, 0.2) is 0 Å². The third kappa shape index (κ3) is 1.69.